The van der Waals surface area contributed by atoms with E-state index in [1.807, 2.05) is 0 Å². The van der Waals surface area contributed by atoms with Gasteiger partial charge in [-0.15, -0.1) is 0 Å². The van der Waals surface area contributed by atoms with Crippen molar-refractivity contribution < 1.29 is 19.4 Å². The van der Waals surface area contributed by atoms with Crippen LogP contribution < -0.4 is 5.73 Å². The fraction of sp³-hybridized carbons (Fsp3) is 0.667. The summed E-state index contributed by atoms with van der Waals surface area (Å²) in [6.07, 6.45) is -0.897. The van der Waals surface area contributed by atoms with E-state index in [0.29, 0.717) is 0 Å². The molecule has 1 unspecified atom stereocenters. The molecule has 5 nitrogen and oxygen atoms in total. The number of rotatable bonds is 4. The van der Waals surface area contributed by atoms with Crippen LogP contribution in [0.3, 0.4) is 0 Å². The number of ether oxygens (including phenoxy) is 1. The Labute approximate surface area is 64.1 Å². The summed E-state index contributed by atoms with van der Waals surface area (Å²) in [5.74, 6) is -1.55. The van der Waals surface area contributed by atoms with Crippen molar-refractivity contribution in [1.29, 1.82) is 0 Å². The van der Waals surface area contributed by atoms with Gasteiger partial charge in [0, 0.05) is 0 Å². The summed E-state index contributed by atoms with van der Waals surface area (Å²) in [5.41, 5.74) is 4.68. The van der Waals surface area contributed by atoms with Gasteiger partial charge in [0.15, 0.2) is 12.7 Å². The number of hydrogen-bond acceptors (Lipinski definition) is 4. The highest BCUT2D eigenvalue weighted by Gasteiger charge is 2.14. The van der Waals surface area contributed by atoms with Gasteiger partial charge < -0.3 is 15.6 Å². The molecule has 0 aromatic heterocycles. The Balaban J connectivity index is 3.60. The minimum absolute atomic E-state index is 0.262. The Morgan fingerprint density at radius 1 is 1.64 bits per heavy atom. The zero-order chi connectivity index (χ0) is 8.85. The lowest BCUT2D eigenvalue weighted by atomic mass is 10.3. The van der Waals surface area contributed by atoms with Gasteiger partial charge in [0.25, 0.3) is 5.91 Å². The number of aliphatic hydroxyl groups excluding tert-OH is 1. The van der Waals surface area contributed by atoms with E-state index in [0.717, 1.165) is 0 Å². The van der Waals surface area contributed by atoms with Crippen LogP contribution in [0, 0.1) is 0 Å². The standard InChI is InChI=1S/C6H11NO4/c1-2-4(8)6(10)11-3-5(7)9/h4,8H,2-3H2,1H3,(H2,7,9). The van der Waals surface area contributed by atoms with Crippen LogP contribution in [0.1, 0.15) is 13.3 Å². The molecule has 0 spiro atoms. The molecular weight excluding hydrogens is 150 g/mol. The molecule has 0 aromatic rings. The number of nitrogens with two attached hydrogens (primary N) is 1. The smallest absolute Gasteiger partial charge is 0.335 e. The Kier molecular flexibility index (Phi) is 4.21. The molecule has 3 N–H and O–H groups in total. The SMILES string of the molecule is CCC(O)C(=O)OCC(N)=O. The molecule has 1 amide bonds. The minimum Gasteiger partial charge on any atom is -0.454 e. The van der Waals surface area contributed by atoms with Crippen molar-refractivity contribution in [2.75, 3.05) is 6.61 Å². The van der Waals surface area contributed by atoms with Crippen molar-refractivity contribution >= 4 is 11.9 Å². The molecule has 0 aromatic carbocycles. The molecule has 11 heavy (non-hydrogen) atoms. The van der Waals surface area contributed by atoms with E-state index < -0.39 is 24.6 Å². The Bertz CT molecular complexity index is 157. The average molecular weight is 161 g/mol. The molecule has 0 saturated heterocycles. The highest BCUT2D eigenvalue weighted by Crippen LogP contribution is 1.92. The molecule has 64 valence electrons. The third-order valence-electron chi connectivity index (χ3n) is 1.02. The van der Waals surface area contributed by atoms with Crippen molar-refractivity contribution in [2.45, 2.75) is 19.4 Å². The van der Waals surface area contributed by atoms with E-state index in [9.17, 15) is 9.59 Å². The number of amides is 1. The van der Waals surface area contributed by atoms with Gasteiger partial charge in [0.1, 0.15) is 0 Å². The van der Waals surface area contributed by atoms with Crippen LogP contribution in [0.25, 0.3) is 0 Å². The monoisotopic (exact) mass is 161 g/mol. The molecule has 0 aliphatic carbocycles. The van der Waals surface area contributed by atoms with Gasteiger partial charge >= 0.3 is 5.97 Å². The highest BCUT2D eigenvalue weighted by molar-refractivity contribution is 5.80. The first kappa shape index (κ1) is 9.90. The molecule has 0 aliphatic rings. The Morgan fingerprint density at radius 3 is 2.55 bits per heavy atom. The van der Waals surface area contributed by atoms with Crippen LogP contribution in [-0.2, 0) is 14.3 Å². The highest BCUT2D eigenvalue weighted by atomic mass is 16.5. The number of hydrogen-bond donors (Lipinski definition) is 2. The second-order valence-electron chi connectivity index (χ2n) is 2.00. The van der Waals surface area contributed by atoms with Crippen LogP contribution >= 0.6 is 0 Å². The molecule has 0 fully saturated rings. The number of carbonyl (C=O) groups is 2. The lowest BCUT2D eigenvalue weighted by molar-refractivity contribution is -0.156. The van der Waals surface area contributed by atoms with Crippen LogP contribution in [0.4, 0.5) is 0 Å². The summed E-state index contributed by atoms with van der Waals surface area (Å²) in [5, 5.41) is 8.81. The maximum atomic E-state index is 10.6. The summed E-state index contributed by atoms with van der Waals surface area (Å²) < 4.78 is 4.29. The number of aliphatic hydroxyl groups is 1. The van der Waals surface area contributed by atoms with Gasteiger partial charge in [0.2, 0.25) is 0 Å². The molecule has 5 heteroatoms. The first-order valence-electron chi connectivity index (χ1n) is 3.21. The van der Waals surface area contributed by atoms with E-state index in [4.69, 9.17) is 5.11 Å². The lowest BCUT2D eigenvalue weighted by Gasteiger charge is -2.05. The zero-order valence-corrected chi connectivity index (χ0v) is 6.24. The number of esters is 1. The largest absolute Gasteiger partial charge is 0.454 e. The van der Waals surface area contributed by atoms with E-state index in [-0.39, 0.29) is 6.42 Å². The van der Waals surface area contributed by atoms with Crippen LogP contribution in [0.2, 0.25) is 0 Å². The molecule has 1 atom stereocenters. The van der Waals surface area contributed by atoms with Crippen molar-refractivity contribution in [1.82, 2.24) is 0 Å². The van der Waals surface area contributed by atoms with Crippen LogP contribution in [0.15, 0.2) is 0 Å². The maximum absolute atomic E-state index is 10.6. The lowest BCUT2D eigenvalue weighted by Crippen LogP contribution is -2.27. The molecule has 0 saturated carbocycles. The molecule has 0 aliphatic heterocycles. The summed E-state index contributed by atoms with van der Waals surface area (Å²) >= 11 is 0. The average Bonchev–Trinajstić information content (AvgIpc) is 1.98. The normalized spacial score (nSPS) is 12.2. The van der Waals surface area contributed by atoms with Crippen molar-refractivity contribution in [3.05, 3.63) is 0 Å². The van der Waals surface area contributed by atoms with Crippen LogP contribution in [-0.4, -0.2) is 29.7 Å². The number of carbonyl (C=O) groups excluding carboxylic acids is 2. The quantitative estimate of drug-likeness (QED) is 0.506. The van der Waals surface area contributed by atoms with Gasteiger partial charge in [-0.3, -0.25) is 4.79 Å². The van der Waals surface area contributed by atoms with E-state index >= 15 is 0 Å². The van der Waals surface area contributed by atoms with E-state index in [1.54, 1.807) is 6.92 Å². The second kappa shape index (κ2) is 4.68. The Morgan fingerprint density at radius 2 is 2.18 bits per heavy atom. The first-order valence-corrected chi connectivity index (χ1v) is 3.21. The second-order valence-corrected chi connectivity index (χ2v) is 2.00. The van der Waals surface area contributed by atoms with Crippen molar-refractivity contribution in [3.8, 4) is 0 Å². The minimum atomic E-state index is -1.16. The fourth-order valence-electron chi connectivity index (χ4n) is 0.405. The maximum Gasteiger partial charge on any atom is 0.335 e. The summed E-state index contributed by atoms with van der Waals surface area (Å²) in [4.78, 5) is 20.7. The molecular formula is C6H11NO4. The molecule has 0 radical (unpaired) electrons. The molecule has 0 bridgehead atoms. The van der Waals surface area contributed by atoms with Gasteiger partial charge in [-0.1, -0.05) is 6.92 Å². The summed E-state index contributed by atoms with van der Waals surface area (Å²) in [7, 11) is 0. The van der Waals surface area contributed by atoms with Gasteiger partial charge in [-0.05, 0) is 6.42 Å². The van der Waals surface area contributed by atoms with Crippen molar-refractivity contribution in [2.24, 2.45) is 5.73 Å². The predicted octanol–water partition coefficient (Wildman–Crippen LogP) is -1.21. The molecule has 0 heterocycles. The first-order chi connectivity index (χ1) is 5.07. The van der Waals surface area contributed by atoms with E-state index in [2.05, 4.69) is 10.5 Å². The molecule has 0 rings (SSSR count). The summed E-state index contributed by atoms with van der Waals surface area (Å²) in [6, 6.07) is 0. The van der Waals surface area contributed by atoms with E-state index in [1.165, 1.54) is 0 Å². The van der Waals surface area contributed by atoms with Gasteiger partial charge in [-0.2, -0.15) is 0 Å². The fourth-order valence-corrected chi connectivity index (χ4v) is 0.405. The van der Waals surface area contributed by atoms with Gasteiger partial charge in [-0.25, -0.2) is 4.79 Å². The predicted molar refractivity (Wildman–Crippen MR) is 36.5 cm³/mol. The summed E-state index contributed by atoms with van der Waals surface area (Å²) in [6.45, 7) is 1.14. The zero-order valence-electron chi connectivity index (χ0n) is 6.24. The topological polar surface area (TPSA) is 89.6 Å². The van der Waals surface area contributed by atoms with Crippen LogP contribution in [0.5, 0.6) is 0 Å². The third-order valence-corrected chi connectivity index (χ3v) is 1.02. The third kappa shape index (κ3) is 4.32. The number of primary amides is 1. The van der Waals surface area contributed by atoms with Crippen molar-refractivity contribution in [3.63, 3.8) is 0 Å². The Hall–Kier alpha value is -1.10. The van der Waals surface area contributed by atoms with Gasteiger partial charge in [0.05, 0.1) is 0 Å².